The lowest BCUT2D eigenvalue weighted by molar-refractivity contribution is -0.140. The zero-order valence-electron chi connectivity index (χ0n) is 17.3. The van der Waals surface area contributed by atoms with Crippen LogP contribution < -0.4 is 4.74 Å². The zero-order chi connectivity index (χ0) is 23.0. The number of ketones is 1. The molecule has 3 aromatic rings. The number of benzene rings is 2. The van der Waals surface area contributed by atoms with Crippen LogP contribution in [-0.4, -0.2) is 28.8 Å². The Morgan fingerprint density at radius 3 is 2.53 bits per heavy atom. The molecule has 1 fully saturated rings. The first kappa shape index (κ1) is 22.0. The molecule has 1 aliphatic rings. The number of rotatable bonds is 5. The van der Waals surface area contributed by atoms with E-state index in [1.807, 2.05) is 18.4 Å². The van der Waals surface area contributed by atoms with Crippen molar-refractivity contribution in [3.63, 3.8) is 0 Å². The number of hydrogen-bond donors (Lipinski definition) is 1. The Labute approximate surface area is 193 Å². The van der Waals surface area contributed by atoms with E-state index in [0.29, 0.717) is 11.3 Å². The van der Waals surface area contributed by atoms with Crippen LogP contribution in [-0.2, 0) is 16.1 Å². The summed E-state index contributed by atoms with van der Waals surface area (Å²) in [6.07, 6.45) is 0. The Hall–Kier alpha value is -3.16. The number of carbonyl (C=O) groups excluding carboxylic acids is 2. The SMILES string of the molecule is COc1ccc(Cl)c(/C(O)=C2\C(=O)C(=O)N(Cc3ccc(F)cc3)C2c2sccc2C)c1. The van der Waals surface area contributed by atoms with Gasteiger partial charge >= 0.3 is 0 Å². The van der Waals surface area contributed by atoms with Crippen LogP contribution in [0.2, 0.25) is 5.02 Å². The molecule has 164 valence electrons. The van der Waals surface area contributed by atoms with E-state index in [1.165, 1.54) is 41.5 Å². The third-order valence-electron chi connectivity index (χ3n) is 5.38. The second kappa shape index (κ2) is 8.76. The molecule has 5 nitrogen and oxygen atoms in total. The number of thiophene rings is 1. The van der Waals surface area contributed by atoms with Gasteiger partial charge in [0, 0.05) is 17.0 Å². The first-order valence-electron chi connectivity index (χ1n) is 9.72. The maximum Gasteiger partial charge on any atom is 0.295 e. The van der Waals surface area contributed by atoms with Gasteiger partial charge in [0.1, 0.15) is 23.4 Å². The van der Waals surface area contributed by atoms with E-state index in [2.05, 4.69) is 0 Å². The van der Waals surface area contributed by atoms with Gasteiger partial charge < -0.3 is 14.7 Å². The maximum atomic E-state index is 13.4. The number of Topliss-reactive ketones (excluding diaryl/α,β-unsaturated/α-hetero) is 1. The van der Waals surface area contributed by atoms with E-state index in [4.69, 9.17) is 16.3 Å². The Kier molecular flexibility index (Phi) is 6.04. The number of nitrogens with zero attached hydrogens (tertiary/aromatic N) is 1. The largest absolute Gasteiger partial charge is 0.507 e. The minimum atomic E-state index is -0.804. The molecular formula is C24H19ClFNO4S. The number of carbonyl (C=O) groups is 2. The van der Waals surface area contributed by atoms with Gasteiger partial charge in [0.05, 0.1) is 17.7 Å². The first-order chi connectivity index (χ1) is 15.3. The van der Waals surface area contributed by atoms with Crippen molar-refractivity contribution in [2.24, 2.45) is 0 Å². The first-order valence-corrected chi connectivity index (χ1v) is 11.0. The van der Waals surface area contributed by atoms with Crippen molar-refractivity contribution in [1.82, 2.24) is 4.90 Å². The molecule has 1 aromatic heterocycles. The summed E-state index contributed by atoms with van der Waals surface area (Å²) in [6.45, 7) is 1.96. The van der Waals surface area contributed by atoms with Crippen molar-refractivity contribution in [2.75, 3.05) is 7.11 Å². The quantitative estimate of drug-likeness (QED) is 0.304. The van der Waals surface area contributed by atoms with Crippen LogP contribution in [0, 0.1) is 12.7 Å². The van der Waals surface area contributed by atoms with Gasteiger partial charge in [0.2, 0.25) is 0 Å². The van der Waals surface area contributed by atoms with Gasteiger partial charge in [-0.25, -0.2) is 4.39 Å². The van der Waals surface area contributed by atoms with E-state index < -0.39 is 23.5 Å². The van der Waals surface area contributed by atoms with Gasteiger partial charge in [-0.05, 0) is 59.8 Å². The van der Waals surface area contributed by atoms with E-state index in [-0.39, 0.29) is 28.5 Å². The molecule has 0 bridgehead atoms. The molecule has 0 radical (unpaired) electrons. The number of methoxy groups -OCH3 is 1. The van der Waals surface area contributed by atoms with Crippen molar-refractivity contribution in [1.29, 1.82) is 0 Å². The standard InChI is InChI=1S/C24H19ClFNO4S/c1-13-9-10-32-23(13)20-19(21(28)17-11-16(31-2)7-8-18(17)25)22(29)24(30)27(20)12-14-3-5-15(26)6-4-14/h3-11,20,28H,12H2,1-2H3/b21-19+. The predicted molar refractivity (Wildman–Crippen MR) is 121 cm³/mol. The molecule has 0 saturated carbocycles. The molecule has 2 aromatic carbocycles. The Morgan fingerprint density at radius 2 is 1.91 bits per heavy atom. The predicted octanol–water partition coefficient (Wildman–Crippen LogP) is 5.48. The summed E-state index contributed by atoms with van der Waals surface area (Å²) in [5.41, 5.74) is 1.70. The molecule has 1 aliphatic heterocycles. The maximum absolute atomic E-state index is 13.4. The van der Waals surface area contributed by atoms with Crippen LogP contribution in [0.1, 0.15) is 27.6 Å². The molecule has 4 rings (SSSR count). The lowest BCUT2D eigenvalue weighted by atomic mass is 9.98. The number of aryl methyl sites for hydroxylation is 1. The highest BCUT2D eigenvalue weighted by Crippen LogP contribution is 2.44. The second-order valence-electron chi connectivity index (χ2n) is 7.37. The average molecular weight is 472 g/mol. The molecule has 32 heavy (non-hydrogen) atoms. The monoisotopic (exact) mass is 471 g/mol. The summed E-state index contributed by atoms with van der Waals surface area (Å²) in [7, 11) is 1.48. The number of amides is 1. The third kappa shape index (κ3) is 3.89. The number of hydrogen-bond acceptors (Lipinski definition) is 5. The summed E-state index contributed by atoms with van der Waals surface area (Å²) in [5, 5.41) is 13.3. The minimum Gasteiger partial charge on any atom is -0.507 e. The highest BCUT2D eigenvalue weighted by atomic mass is 35.5. The van der Waals surface area contributed by atoms with E-state index >= 15 is 0 Å². The Morgan fingerprint density at radius 1 is 1.19 bits per heavy atom. The zero-order valence-corrected chi connectivity index (χ0v) is 18.8. The van der Waals surface area contributed by atoms with E-state index in [1.54, 1.807) is 24.3 Å². The van der Waals surface area contributed by atoms with Crippen molar-refractivity contribution in [3.8, 4) is 5.75 Å². The molecule has 0 spiro atoms. The number of likely N-dealkylation sites (tertiary alicyclic amines) is 1. The van der Waals surface area contributed by atoms with Gasteiger partial charge in [0.15, 0.2) is 0 Å². The minimum absolute atomic E-state index is 0.0437. The lowest BCUT2D eigenvalue weighted by Crippen LogP contribution is -2.29. The summed E-state index contributed by atoms with van der Waals surface area (Å²) in [4.78, 5) is 28.3. The molecule has 8 heteroatoms. The smallest absolute Gasteiger partial charge is 0.295 e. The van der Waals surface area contributed by atoms with E-state index in [0.717, 1.165) is 10.4 Å². The fourth-order valence-electron chi connectivity index (χ4n) is 3.72. The molecule has 2 heterocycles. The lowest BCUT2D eigenvalue weighted by Gasteiger charge is -2.25. The summed E-state index contributed by atoms with van der Waals surface area (Å²) in [5.74, 6) is -1.87. The number of halogens is 2. The van der Waals surface area contributed by atoms with Gasteiger partial charge in [-0.2, -0.15) is 0 Å². The molecule has 1 atom stereocenters. The highest BCUT2D eigenvalue weighted by Gasteiger charge is 2.47. The fraction of sp³-hybridized carbons (Fsp3) is 0.167. The van der Waals surface area contributed by atoms with Crippen molar-refractivity contribution < 1.29 is 23.8 Å². The molecule has 1 unspecified atom stereocenters. The summed E-state index contributed by atoms with van der Waals surface area (Å²) >= 11 is 7.69. The third-order valence-corrected chi connectivity index (χ3v) is 6.79. The van der Waals surface area contributed by atoms with Crippen LogP contribution in [0.3, 0.4) is 0 Å². The number of aliphatic hydroxyl groups is 1. The van der Waals surface area contributed by atoms with Crippen LogP contribution in [0.25, 0.3) is 5.76 Å². The number of ether oxygens (including phenoxy) is 1. The average Bonchev–Trinajstić information content (AvgIpc) is 3.31. The fourth-order valence-corrected chi connectivity index (χ4v) is 4.98. The van der Waals surface area contributed by atoms with Gasteiger partial charge in [-0.1, -0.05) is 23.7 Å². The highest BCUT2D eigenvalue weighted by molar-refractivity contribution is 7.10. The van der Waals surface area contributed by atoms with Gasteiger partial charge in [-0.15, -0.1) is 11.3 Å². The van der Waals surface area contributed by atoms with Crippen LogP contribution in [0.15, 0.2) is 59.5 Å². The van der Waals surface area contributed by atoms with Crippen LogP contribution in [0.4, 0.5) is 4.39 Å². The molecule has 1 amide bonds. The summed E-state index contributed by atoms with van der Waals surface area (Å²) in [6, 6.07) is 11.5. The second-order valence-corrected chi connectivity index (χ2v) is 8.72. The normalized spacial score (nSPS) is 17.8. The van der Waals surface area contributed by atoms with Gasteiger partial charge in [0.25, 0.3) is 11.7 Å². The Balaban J connectivity index is 1.88. The van der Waals surface area contributed by atoms with Crippen LogP contribution in [0.5, 0.6) is 5.75 Å². The molecule has 1 saturated heterocycles. The van der Waals surface area contributed by atoms with Crippen molar-refractivity contribution >= 4 is 40.4 Å². The van der Waals surface area contributed by atoms with E-state index in [9.17, 15) is 19.1 Å². The molecule has 1 N–H and O–H groups in total. The van der Waals surface area contributed by atoms with Crippen molar-refractivity contribution in [3.05, 3.63) is 91.9 Å². The topological polar surface area (TPSA) is 66.8 Å². The molecule has 0 aliphatic carbocycles. The van der Waals surface area contributed by atoms with Gasteiger partial charge in [-0.3, -0.25) is 9.59 Å². The Bertz CT molecular complexity index is 1240. The number of aliphatic hydroxyl groups excluding tert-OH is 1. The van der Waals surface area contributed by atoms with Crippen molar-refractivity contribution in [2.45, 2.75) is 19.5 Å². The molecular weight excluding hydrogens is 453 g/mol. The summed E-state index contributed by atoms with van der Waals surface area (Å²) < 4.78 is 18.6. The van der Waals surface area contributed by atoms with Crippen LogP contribution >= 0.6 is 22.9 Å².